The van der Waals surface area contributed by atoms with Crippen LogP contribution < -0.4 is 9.62 Å². The largest absolute Gasteiger partial charge is 0.416 e. The maximum absolute atomic E-state index is 13.2. The van der Waals surface area contributed by atoms with Gasteiger partial charge >= 0.3 is 6.18 Å². The first-order valence-corrected chi connectivity index (χ1v) is 14.0. The number of rotatable bonds is 8. The van der Waals surface area contributed by atoms with Gasteiger partial charge in [0.05, 0.1) is 28.0 Å². The molecule has 0 radical (unpaired) electrons. The van der Waals surface area contributed by atoms with Crippen molar-refractivity contribution in [3.8, 4) is 11.3 Å². The minimum atomic E-state index is -4.54. The van der Waals surface area contributed by atoms with Gasteiger partial charge in [-0.1, -0.05) is 0 Å². The van der Waals surface area contributed by atoms with E-state index in [0.717, 1.165) is 41.0 Å². The highest BCUT2D eigenvalue weighted by Crippen LogP contribution is 2.36. The van der Waals surface area contributed by atoms with Gasteiger partial charge in [0, 0.05) is 36.8 Å². The SMILES string of the molecule is CCOC(C)n1cc(-c2nc(Nc3ccc4c(c3)CCN4S(=O)(=O)c3ccc(C(F)(F)F)cc3)ncc2C)cn1. The van der Waals surface area contributed by atoms with Crippen LogP contribution in [0, 0.1) is 6.92 Å². The molecular weight excluding hydrogens is 545 g/mol. The molecule has 2 aromatic heterocycles. The predicted molar refractivity (Wildman–Crippen MR) is 144 cm³/mol. The van der Waals surface area contributed by atoms with Gasteiger partial charge in [-0.25, -0.2) is 23.1 Å². The minimum Gasteiger partial charge on any atom is -0.357 e. The molecule has 4 aromatic rings. The number of alkyl halides is 3. The van der Waals surface area contributed by atoms with Crippen molar-refractivity contribution in [2.45, 2.75) is 44.5 Å². The predicted octanol–water partition coefficient (Wildman–Crippen LogP) is 5.72. The van der Waals surface area contributed by atoms with Gasteiger partial charge < -0.3 is 10.1 Å². The van der Waals surface area contributed by atoms with Crippen LogP contribution in [-0.4, -0.2) is 41.3 Å². The van der Waals surface area contributed by atoms with E-state index >= 15 is 0 Å². The zero-order valence-electron chi connectivity index (χ0n) is 22.0. The standard InChI is InChI=1S/C27H27F3N6O3S/c1-4-39-18(3)35-16-20(15-32-35)25-17(2)14-31-26(34-25)33-22-7-10-24-19(13-22)11-12-36(24)40(37,38)23-8-5-21(6-9-23)27(28,29)30/h5-10,13-16,18H,4,11-12H2,1-3H3,(H,31,33,34). The number of nitrogens with one attached hydrogen (secondary N) is 1. The van der Waals surface area contributed by atoms with Gasteiger partial charge in [0.25, 0.3) is 10.0 Å². The summed E-state index contributed by atoms with van der Waals surface area (Å²) in [7, 11) is -4.03. The number of nitrogens with zero attached hydrogens (tertiary/aromatic N) is 5. The summed E-state index contributed by atoms with van der Waals surface area (Å²) in [5.41, 5.74) is 3.41. The van der Waals surface area contributed by atoms with Crippen LogP contribution in [0.3, 0.4) is 0 Å². The van der Waals surface area contributed by atoms with Crippen molar-refractivity contribution in [2.24, 2.45) is 0 Å². The molecule has 3 heterocycles. The Morgan fingerprint density at radius 1 is 1.12 bits per heavy atom. The summed E-state index contributed by atoms with van der Waals surface area (Å²) in [5.74, 6) is 0.360. The Kier molecular flexibility index (Phi) is 7.27. The van der Waals surface area contributed by atoms with E-state index in [1.165, 1.54) is 4.31 Å². The lowest BCUT2D eigenvalue weighted by atomic mass is 10.1. The lowest BCUT2D eigenvalue weighted by molar-refractivity contribution is -0.137. The molecule has 13 heteroatoms. The molecule has 0 fully saturated rings. The molecule has 1 aliphatic heterocycles. The lowest BCUT2D eigenvalue weighted by Crippen LogP contribution is -2.29. The van der Waals surface area contributed by atoms with E-state index in [9.17, 15) is 21.6 Å². The number of benzene rings is 2. The van der Waals surface area contributed by atoms with E-state index in [1.54, 1.807) is 29.2 Å². The Bertz CT molecular complexity index is 1640. The molecular formula is C27H27F3N6O3S. The van der Waals surface area contributed by atoms with Crippen molar-refractivity contribution in [3.05, 3.63) is 77.7 Å². The fraction of sp³-hybridized carbons (Fsp3) is 0.296. The number of fused-ring (bicyclic) bond motifs is 1. The van der Waals surface area contributed by atoms with Crippen LogP contribution in [0.15, 0.2) is 66.0 Å². The van der Waals surface area contributed by atoms with Crippen LogP contribution in [-0.2, 0) is 27.4 Å². The highest BCUT2D eigenvalue weighted by atomic mass is 32.2. The van der Waals surface area contributed by atoms with E-state index in [2.05, 4.69) is 20.4 Å². The topological polar surface area (TPSA) is 102 Å². The molecule has 1 atom stereocenters. The van der Waals surface area contributed by atoms with Crippen molar-refractivity contribution in [1.82, 2.24) is 19.7 Å². The van der Waals surface area contributed by atoms with E-state index in [0.29, 0.717) is 36.0 Å². The van der Waals surface area contributed by atoms with Crippen LogP contribution in [0.5, 0.6) is 0 Å². The van der Waals surface area contributed by atoms with Crippen LogP contribution in [0.2, 0.25) is 0 Å². The third kappa shape index (κ3) is 5.39. The van der Waals surface area contributed by atoms with E-state index in [-0.39, 0.29) is 17.7 Å². The third-order valence-electron chi connectivity index (χ3n) is 6.59. The molecule has 40 heavy (non-hydrogen) atoms. The fourth-order valence-corrected chi connectivity index (χ4v) is 6.05. The molecule has 0 saturated heterocycles. The van der Waals surface area contributed by atoms with Crippen LogP contribution in [0.1, 0.15) is 36.8 Å². The second-order valence-corrected chi connectivity index (χ2v) is 11.2. The van der Waals surface area contributed by atoms with Crippen molar-refractivity contribution >= 4 is 27.3 Å². The first-order valence-electron chi connectivity index (χ1n) is 12.6. The number of hydrogen-bond acceptors (Lipinski definition) is 7. The molecule has 9 nitrogen and oxygen atoms in total. The molecule has 5 rings (SSSR count). The van der Waals surface area contributed by atoms with E-state index < -0.39 is 21.8 Å². The number of ether oxygens (including phenoxy) is 1. The van der Waals surface area contributed by atoms with Gasteiger partial charge in [-0.05, 0) is 80.8 Å². The van der Waals surface area contributed by atoms with E-state index in [1.807, 2.05) is 33.0 Å². The number of anilines is 3. The number of aryl methyl sites for hydroxylation is 1. The molecule has 2 aromatic carbocycles. The number of hydrogen-bond donors (Lipinski definition) is 1. The van der Waals surface area contributed by atoms with Gasteiger partial charge in [0.2, 0.25) is 5.95 Å². The maximum Gasteiger partial charge on any atom is 0.416 e. The van der Waals surface area contributed by atoms with E-state index in [4.69, 9.17) is 4.74 Å². The summed E-state index contributed by atoms with van der Waals surface area (Å²) in [6.45, 7) is 6.48. The van der Waals surface area contributed by atoms with Gasteiger partial charge in [-0.3, -0.25) is 4.31 Å². The van der Waals surface area contributed by atoms with Gasteiger partial charge in [-0.2, -0.15) is 18.3 Å². The van der Waals surface area contributed by atoms with Crippen molar-refractivity contribution in [2.75, 3.05) is 22.8 Å². The number of aromatic nitrogens is 4. The van der Waals surface area contributed by atoms with Crippen molar-refractivity contribution in [1.29, 1.82) is 0 Å². The minimum absolute atomic E-state index is 0.178. The molecule has 0 aliphatic carbocycles. The molecule has 1 N–H and O–H groups in total. The normalized spacial score (nSPS) is 14.3. The zero-order valence-corrected chi connectivity index (χ0v) is 22.8. The third-order valence-corrected chi connectivity index (χ3v) is 8.41. The summed E-state index contributed by atoms with van der Waals surface area (Å²) >= 11 is 0. The quantitative estimate of drug-likeness (QED) is 0.288. The Balaban J connectivity index is 1.35. The van der Waals surface area contributed by atoms with Crippen molar-refractivity contribution in [3.63, 3.8) is 0 Å². The summed E-state index contributed by atoms with van der Waals surface area (Å²) < 4.78 is 73.7. The first kappa shape index (κ1) is 27.6. The molecule has 0 bridgehead atoms. The van der Waals surface area contributed by atoms with Crippen molar-refractivity contribution < 1.29 is 26.3 Å². The van der Waals surface area contributed by atoms with Gasteiger partial charge in [0.1, 0.15) is 6.23 Å². The second-order valence-electron chi connectivity index (χ2n) is 9.31. The molecule has 1 aliphatic rings. The fourth-order valence-electron chi connectivity index (χ4n) is 4.54. The smallest absolute Gasteiger partial charge is 0.357 e. The Morgan fingerprint density at radius 3 is 2.58 bits per heavy atom. The Hall–Kier alpha value is -3.97. The summed E-state index contributed by atoms with van der Waals surface area (Å²) in [5, 5.41) is 7.55. The zero-order chi connectivity index (χ0) is 28.7. The molecule has 0 amide bonds. The Morgan fingerprint density at radius 2 is 1.88 bits per heavy atom. The highest BCUT2D eigenvalue weighted by molar-refractivity contribution is 7.92. The molecule has 1 unspecified atom stereocenters. The monoisotopic (exact) mass is 572 g/mol. The van der Waals surface area contributed by atoms with Crippen LogP contribution >= 0.6 is 0 Å². The highest BCUT2D eigenvalue weighted by Gasteiger charge is 2.33. The summed E-state index contributed by atoms with van der Waals surface area (Å²) in [6.07, 6.45) is 0.975. The van der Waals surface area contributed by atoms with Crippen LogP contribution in [0.4, 0.5) is 30.5 Å². The second kappa shape index (κ2) is 10.5. The Labute approximate surface area is 229 Å². The summed E-state index contributed by atoms with van der Waals surface area (Å²) in [4.78, 5) is 8.85. The average Bonchev–Trinajstić information content (AvgIpc) is 3.57. The molecule has 0 saturated carbocycles. The first-order chi connectivity index (χ1) is 19.0. The maximum atomic E-state index is 13.2. The van der Waals surface area contributed by atoms with Crippen LogP contribution in [0.25, 0.3) is 11.3 Å². The molecule has 0 spiro atoms. The average molecular weight is 573 g/mol. The van der Waals surface area contributed by atoms with Gasteiger partial charge in [0.15, 0.2) is 0 Å². The number of halogens is 3. The number of sulfonamides is 1. The lowest BCUT2D eigenvalue weighted by Gasteiger charge is -2.20. The summed E-state index contributed by atoms with van der Waals surface area (Å²) in [6, 6.07) is 8.72. The molecule has 210 valence electrons. The van der Waals surface area contributed by atoms with Gasteiger partial charge in [-0.15, -0.1) is 0 Å².